The molecule has 4 heteroatoms. The van der Waals surface area contributed by atoms with Crippen molar-refractivity contribution in [3.8, 4) is 0 Å². The second kappa shape index (κ2) is 5.98. The maximum atomic E-state index is 10.7. The van der Waals surface area contributed by atoms with Crippen molar-refractivity contribution in [3.05, 3.63) is 0 Å². The highest BCUT2D eigenvalue weighted by molar-refractivity contribution is 5.73. The normalized spacial score (nSPS) is 18.1. The Balaban J connectivity index is 2.02. The average Bonchev–Trinajstić information content (AvgIpc) is 2.93. The van der Waals surface area contributed by atoms with E-state index in [9.17, 15) is 4.79 Å². The van der Waals surface area contributed by atoms with E-state index in [1.807, 2.05) is 6.92 Å². The van der Waals surface area contributed by atoms with Gasteiger partial charge in [-0.2, -0.15) is 0 Å². The molecule has 0 bridgehead atoms. The van der Waals surface area contributed by atoms with Gasteiger partial charge in [-0.05, 0) is 18.9 Å². The van der Waals surface area contributed by atoms with Crippen LogP contribution in [0.4, 0.5) is 0 Å². The van der Waals surface area contributed by atoms with Gasteiger partial charge in [0.2, 0.25) is 0 Å². The van der Waals surface area contributed by atoms with E-state index < -0.39 is 12.0 Å². The fraction of sp³-hybridized carbons (Fsp3) is 0.900. The molecule has 0 aliphatic heterocycles. The molecule has 0 aromatic rings. The van der Waals surface area contributed by atoms with Gasteiger partial charge in [0.15, 0.2) is 0 Å². The van der Waals surface area contributed by atoms with Crippen LogP contribution in [0, 0.1) is 5.92 Å². The van der Waals surface area contributed by atoms with Crippen molar-refractivity contribution in [1.29, 1.82) is 0 Å². The lowest BCUT2D eigenvalue weighted by atomic mass is 10.3. The van der Waals surface area contributed by atoms with Crippen molar-refractivity contribution in [2.45, 2.75) is 32.2 Å². The van der Waals surface area contributed by atoms with Crippen molar-refractivity contribution < 1.29 is 14.6 Å². The van der Waals surface area contributed by atoms with Crippen molar-refractivity contribution in [2.75, 3.05) is 19.8 Å². The van der Waals surface area contributed by atoms with Crippen molar-refractivity contribution >= 4 is 5.97 Å². The predicted octanol–water partition coefficient (Wildman–Crippen LogP) is 0.866. The van der Waals surface area contributed by atoms with Crippen LogP contribution in [0.5, 0.6) is 0 Å². The number of ether oxygens (including phenoxy) is 1. The van der Waals surface area contributed by atoms with Gasteiger partial charge >= 0.3 is 5.97 Å². The van der Waals surface area contributed by atoms with Crippen LogP contribution < -0.4 is 5.32 Å². The van der Waals surface area contributed by atoms with Crippen LogP contribution in [0.2, 0.25) is 0 Å². The third kappa shape index (κ3) is 4.58. The van der Waals surface area contributed by atoms with Crippen LogP contribution in [0.3, 0.4) is 0 Å². The average molecular weight is 201 g/mol. The van der Waals surface area contributed by atoms with Gasteiger partial charge in [-0.15, -0.1) is 0 Å². The van der Waals surface area contributed by atoms with Crippen molar-refractivity contribution in [1.82, 2.24) is 5.32 Å². The molecule has 0 saturated heterocycles. The standard InChI is InChI=1S/C10H19NO3/c1-2-11-9(10(12)13)7-14-6-5-8-3-4-8/h8-9,11H,2-7H2,1H3,(H,12,13). The first kappa shape index (κ1) is 11.5. The highest BCUT2D eigenvalue weighted by Crippen LogP contribution is 2.32. The maximum absolute atomic E-state index is 10.7. The number of carboxylic acids is 1. The molecule has 0 radical (unpaired) electrons. The lowest BCUT2D eigenvalue weighted by molar-refractivity contribution is -0.141. The fourth-order valence-corrected chi connectivity index (χ4v) is 1.32. The summed E-state index contributed by atoms with van der Waals surface area (Å²) in [6, 6.07) is -0.556. The lowest BCUT2D eigenvalue weighted by Gasteiger charge is -2.12. The Hall–Kier alpha value is -0.610. The van der Waals surface area contributed by atoms with Gasteiger partial charge in [0.25, 0.3) is 0 Å². The first-order valence-electron chi connectivity index (χ1n) is 5.28. The summed E-state index contributed by atoms with van der Waals surface area (Å²) < 4.78 is 5.32. The highest BCUT2D eigenvalue weighted by atomic mass is 16.5. The molecule has 1 unspecified atom stereocenters. The van der Waals surface area contributed by atoms with Crippen LogP contribution in [-0.2, 0) is 9.53 Å². The molecule has 0 amide bonds. The van der Waals surface area contributed by atoms with Crippen molar-refractivity contribution in [3.63, 3.8) is 0 Å². The SMILES string of the molecule is CCNC(COCCC1CC1)C(=O)O. The van der Waals surface area contributed by atoms with E-state index in [2.05, 4.69) is 5.32 Å². The first-order valence-corrected chi connectivity index (χ1v) is 5.28. The number of carbonyl (C=O) groups is 1. The molecule has 0 aromatic heterocycles. The number of likely N-dealkylation sites (N-methyl/N-ethyl adjacent to an activating group) is 1. The second-order valence-corrected chi connectivity index (χ2v) is 3.76. The van der Waals surface area contributed by atoms with Crippen LogP contribution in [0.15, 0.2) is 0 Å². The molecule has 1 aliphatic carbocycles. The highest BCUT2D eigenvalue weighted by Gasteiger charge is 2.21. The lowest BCUT2D eigenvalue weighted by Crippen LogP contribution is -2.40. The van der Waals surface area contributed by atoms with E-state index >= 15 is 0 Å². The van der Waals surface area contributed by atoms with Gasteiger partial charge in [0.05, 0.1) is 6.61 Å². The summed E-state index contributed by atoms with van der Waals surface area (Å²) in [5.41, 5.74) is 0. The van der Waals surface area contributed by atoms with Crippen LogP contribution in [0.1, 0.15) is 26.2 Å². The molecule has 0 heterocycles. The summed E-state index contributed by atoms with van der Waals surface area (Å²) in [7, 11) is 0. The monoisotopic (exact) mass is 201 g/mol. The zero-order chi connectivity index (χ0) is 10.4. The first-order chi connectivity index (χ1) is 6.74. The molecule has 1 rings (SSSR count). The number of hydrogen-bond acceptors (Lipinski definition) is 3. The van der Waals surface area contributed by atoms with Crippen LogP contribution >= 0.6 is 0 Å². The Bertz CT molecular complexity index is 180. The molecule has 0 aromatic carbocycles. The summed E-state index contributed by atoms with van der Waals surface area (Å²) in [4.78, 5) is 10.7. The molecule has 14 heavy (non-hydrogen) atoms. The summed E-state index contributed by atoms with van der Waals surface area (Å²) in [6.45, 7) is 3.51. The van der Waals surface area contributed by atoms with Gasteiger partial charge in [-0.3, -0.25) is 4.79 Å². The third-order valence-corrected chi connectivity index (χ3v) is 2.40. The zero-order valence-electron chi connectivity index (χ0n) is 8.66. The van der Waals surface area contributed by atoms with Crippen LogP contribution in [-0.4, -0.2) is 36.9 Å². The third-order valence-electron chi connectivity index (χ3n) is 2.40. The molecule has 1 atom stereocenters. The number of hydrogen-bond donors (Lipinski definition) is 2. The Kier molecular flexibility index (Phi) is 4.90. The molecular formula is C10H19NO3. The molecule has 4 nitrogen and oxygen atoms in total. The van der Waals surface area contributed by atoms with E-state index in [1.165, 1.54) is 12.8 Å². The van der Waals surface area contributed by atoms with Gasteiger partial charge < -0.3 is 15.2 Å². The summed E-state index contributed by atoms with van der Waals surface area (Å²) in [5, 5.41) is 11.6. The second-order valence-electron chi connectivity index (χ2n) is 3.76. The van der Waals surface area contributed by atoms with Crippen molar-refractivity contribution in [2.24, 2.45) is 5.92 Å². The van der Waals surface area contributed by atoms with E-state index in [0.717, 1.165) is 12.3 Å². The molecule has 1 saturated carbocycles. The minimum Gasteiger partial charge on any atom is -0.480 e. The summed E-state index contributed by atoms with van der Waals surface area (Å²) in [6.07, 6.45) is 3.72. The number of aliphatic carboxylic acids is 1. The predicted molar refractivity (Wildman–Crippen MR) is 53.3 cm³/mol. The zero-order valence-corrected chi connectivity index (χ0v) is 8.66. The fourth-order valence-electron chi connectivity index (χ4n) is 1.32. The molecule has 0 spiro atoms. The molecule has 82 valence electrons. The van der Waals surface area contributed by atoms with E-state index in [-0.39, 0.29) is 6.61 Å². The Labute approximate surface area is 84.6 Å². The Morgan fingerprint density at radius 1 is 1.64 bits per heavy atom. The summed E-state index contributed by atoms with van der Waals surface area (Å²) in [5.74, 6) is 0.00989. The van der Waals surface area contributed by atoms with Gasteiger partial charge in [-0.25, -0.2) is 0 Å². The molecular weight excluding hydrogens is 182 g/mol. The van der Waals surface area contributed by atoms with Gasteiger partial charge in [0, 0.05) is 6.61 Å². The maximum Gasteiger partial charge on any atom is 0.323 e. The minimum absolute atomic E-state index is 0.274. The topological polar surface area (TPSA) is 58.6 Å². The van der Waals surface area contributed by atoms with Gasteiger partial charge in [-0.1, -0.05) is 19.8 Å². The van der Waals surface area contributed by atoms with E-state index in [4.69, 9.17) is 9.84 Å². The van der Waals surface area contributed by atoms with E-state index in [1.54, 1.807) is 0 Å². The molecule has 2 N–H and O–H groups in total. The van der Waals surface area contributed by atoms with Gasteiger partial charge in [0.1, 0.15) is 6.04 Å². The molecule has 1 aliphatic rings. The quantitative estimate of drug-likeness (QED) is 0.572. The minimum atomic E-state index is -0.835. The number of nitrogens with one attached hydrogen (secondary N) is 1. The van der Waals surface area contributed by atoms with Crippen LogP contribution in [0.25, 0.3) is 0 Å². The van der Waals surface area contributed by atoms with E-state index in [0.29, 0.717) is 13.2 Å². The molecule has 1 fully saturated rings. The number of carboxylic acid groups (broad SMARTS) is 1. The smallest absolute Gasteiger partial charge is 0.323 e. The largest absolute Gasteiger partial charge is 0.480 e. The summed E-state index contributed by atoms with van der Waals surface area (Å²) >= 11 is 0. The number of rotatable bonds is 8. The Morgan fingerprint density at radius 3 is 2.86 bits per heavy atom. The Morgan fingerprint density at radius 2 is 2.36 bits per heavy atom.